The molecule has 0 saturated heterocycles. The Morgan fingerprint density at radius 1 is 1.05 bits per heavy atom. The van der Waals surface area contributed by atoms with Crippen LogP contribution in [0.1, 0.15) is 22.3 Å². The summed E-state index contributed by atoms with van der Waals surface area (Å²) in [5, 5.41) is 0. The van der Waals surface area contributed by atoms with Gasteiger partial charge in [-0.3, -0.25) is 0 Å². The molecular formula is C19H15BrO2. The minimum absolute atomic E-state index is 0.307. The topological polar surface area (TPSA) is 26.3 Å². The number of ether oxygens (including phenoxy) is 1. The second-order valence-electron chi connectivity index (χ2n) is 5.37. The molecule has 0 atom stereocenters. The average Bonchev–Trinajstić information content (AvgIpc) is 2.85. The third-order valence-corrected chi connectivity index (χ3v) is 4.10. The molecular weight excluding hydrogens is 340 g/mol. The third-order valence-electron chi connectivity index (χ3n) is 3.58. The quantitative estimate of drug-likeness (QED) is 0.557. The van der Waals surface area contributed by atoms with Crippen molar-refractivity contribution in [2.45, 2.75) is 13.8 Å². The number of halogens is 1. The first-order valence-corrected chi connectivity index (χ1v) is 7.81. The highest BCUT2D eigenvalue weighted by atomic mass is 79.9. The van der Waals surface area contributed by atoms with Crippen LogP contribution in [0.25, 0.3) is 11.8 Å². The van der Waals surface area contributed by atoms with Crippen LogP contribution in [0.3, 0.4) is 0 Å². The van der Waals surface area contributed by atoms with Crippen LogP contribution in [-0.4, -0.2) is 5.97 Å². The molecule has 0 unspecified atom stereocenters. The van der Waals surface area contributed by atoms with E-state index >= 15 is 0 Å². The Morgan fingerprint density at radius 2 is 1.77 bits per heavy atom. The first-order valence-electron chi connectivity index (χ1n) is 7.02. The monoisotopic (exact) mass is 354 g/mol. The fraction of sp³-hybridized carbons (Fsp3) is 0.105. The Kier molecular flexibility index (Phi) is 3.99. The number of carbonyl (C=O) groups is 1. The second-order valence-corrected chi connectivity index (χ2v) is 6.28. The summed E-state index contributed by atoms with van der Waals surface area (Å²) in [5.74, 6) is 0.313. The molecule has 3 heteroatoms. The lowest BCUT2D eigenvalue weighted by atomic mass is 10.0. The van der Waals surface area contributed by atoms with Crippen molar-refractivity contribution in [3.8, 4) is 0 Å². The third kappa shape index (κ3) is 3.04. The summed E-state index contributed by atoms with van der Waals surface area (Å²) >= 11 is 3.40. The molecule has 0 bridgehead atoms. The Balaban J connectivity index is 1.97. The summed E-state index contributed by atoms with van der Waals surface area (Å²) in [7, 11) is 0. The van der Waals surface area contributed by atoms with Gasteiger partial charge in [0.15, 0.2) is 0 Å². The molecule has 0 fully saturated rings. The van der Waals surface area contributed by atoms with Crippen molar-refractivity contribution in [1.82, 2.24) is 0 Å². The van der Waals surface area contributed by atoms with Crippen LogP contribution in [-0.2, 0) is 9.53 Å². The number of esters is 1. The van der Waals surface area contributed by atoms with Gasteiger partial charge in [0.05, 0.1) is 5.57 Å². The van der Waals surface area contributed by atoms with Gasteiger partial charge in [-0.05, 0) is 55.3 Å². The van der Waals surface area contributed by atoms with Crippen molar-refractivity contribution >= 4 is 33.7 Å². The fourth-order valence-electron chi connectivity index (χ4n) is 2.36. The Morgan fingerprint density at radius 3 is 2.50 bits per heavy atom. The Labute approximate surface area is 138 Å². The minimum atomic E-state index is -0.307. The molecule has 0 aromatic heterocycles. The van der Waals surface area contributed by atoms with Gasteiger partial charge in [-0.15, -0.1) is 0 Å². The van der Waals surface area contributed by atoms with E-state index in [1.165, 1.54) is 0 Å². The number of rotatable bonds is 2. The van der Waals surface area contributed by atoms with Crippen molar-refractivity contribution < 1.29 is 9.53 Å². The van der Waals surface area contributed by atoms with Crippen LogP contribution in [0.5, 0.6) is 0 Å². The van der Waals surface area contributed by atoms with Gasteiger partial charge in [0.2, 0.25) is 0 Å². The molecule has 0 N–H and O–H groups in total. The molecule has 3 rings (SSSR count). The predicted molar refractivity (Wildman–Crippen MR) is 92.1 cm³/mol. The number of hydrogen-bond donors (Lipinski definition) is 0. The predicted octanol–water partition coefficient (Wildman–Crippen LogP) is 5.05. The van der Waals surface area contributed by atoms with Crippen LogP contribution in [0.15, 0.2) is 58.6 Å². The highest BCUT2D eigenvalue weighted by Gasteiger charge is 2.23. The van der Waals surface area contributed by atoms with Crippen LogP contribution in [0, 0.1) is 13.8 Å². The molecule has 2 aromatic rings. The fourth-order valence-corrected chi connectivity index (χ4v) is 2.63. The first-order chi connectivity index (χ1) is 10.5. The van der Waals surface area contributed by atoms with Gasteiger partial charge >= 0.3 is 5.97 Å². The Hall–Kier alpha value is -2.13. The van der Waals surface area contributed by atoms with Gasteiger partial charge in [-0.2, -0.15) is 0 Å². The number of hydrogen-bond acceptors (Lipinski definition) is 2. The van der Waals surface area contributed by atoms with E-state index in [2.05, 4.69) is 22.0 Å². The van der Waals surface area contributed by atoms with Gasteiger partial charge in [-0.1, -0.05) is 45.8 Å². The van der Waals surface area contributed by atoms with Crippen molar-refractivity contribution in [3.05, 3.63) is 80.8 Å². The van der Waals surface area contributed by atoms with E-state index in [1.54, 1.807) is 0 Å². The highest BCUT2D eigenvalue weighted by molar-refractivity contribution is 9.10. The molecule has 1 aliphatic rings. The lowest BCUT2D eigenvalue weighted by Crippen LogP contribution is -1.98. The maximum Gasteiger partial charge on any atom is 0.343 e. The van der Waals surface area contributed by atoms with E-state index < -0.39 is 0 Å². The molecule has 22 heavy (non-hydrogen) atoms. The average molecular weight is 355 g/mol. The number of carbonyl (C=O) groups excluding carboxylic acids is 1. The maximum atomic E-state index is 12.1. The normalized spacial score (nSPS) is 15.9. The molecule has 0 radical (unpaired) electrons. The molecule has 1 aliphatic heterocycles. The number of cyclic esters (lactones) is 1. The smallest absolute Gasteiger partial charge is 0.343 e. The SMILES string of the molecule is Cc1ccc(C)c(C2=C/C(=C\c3ccc(Br)cc3)C(=O)O2)c1. The van der Waals surface area contributed by atoms with Crippen LogP contribution < -0.4 is 0 Å². The molecule has 0 spiro atoms. The largest absolute Gasteiger partial charge is 0.422 e. The number of aryl methyl sites for hydroxylation is 2. The van der Waals surface area contributed by atoms with Crippen molar-refractivity contribution in [2.24, 2.45) is 0 Å². The molecule has 0 saturated carbocycles. The van der Waals surface area contributed by atoms with Crippen molar-refractivity contribution in [3.63, 3.8) is 0 Å². The number of benzene rings is 2. The summed E-state index contributed by atoms with van der Waals surface area (Å²) in [6.45, 7) is 4.04. The molecule has 0 amide bonds. The second kappa shape index (κ2) is 5.93. The Bertz CT molecular complexity index is 799. The zero-order chi connectivity index (χ0) is 15.7. The van der Waals surface area contributed by atoms with E-state index in [1.807, 2.05) is 62.4 Å². The minimum Gasteiger partial charge on any atom is -0.422 e. The summed E-state index contributed by atoms with van der Waals surface area (Å²) in [6, 6.07) is 13.9. The molecule has 2 nitrogen and oxygen atoms in total. The van der Waals surface area contributed by atoms with Crippen molar-refractivity contribution in [1.29, 1.82) is 0 Å². The van der Waals surface area contributed by atoms with E-state index in [4.69, 9.17) is 4.74 Å². The van der Waals surface area contributed by atoms with Gasteiger partial charge in [-0.25, -0.2) is 4.79 Å². The van der Waals surface area contributed by atoms with Gasteiger partial charge in [0.25, 0.3) is 0 Å². The summed E-state index contributed by atoms with van der Waals surface area (Å²) in [5.41, 5.74) is 4.73. The zero-order valence-electron chi connectivity index (χ0n) is 12.4. The van der Waals surface area contributed by atoms with Gasteiger partial charge in [0.1, 0.15) is 5.76 Å². The van der Waals surface area contributed by atoms with Gasteiger partial charge < -0.3 is 4.74 Å². The lowest BCUT2D eigenvalue weighted by molar-refractivity contribution is -0.130. The van der Waals surface area contributed by atoms with Gasteiger partial charge in [0, 0.05) is 10.0 Å². The molecule has 1 heterocycles. The standard InChI is InChI=1S/C19H15BrO2/c1-12-3-4-13(2)17(9-12)18-11-15(19(21)22-18)10-14-5-7-16(20)8-6-14/h3-11H,1-2H3/b15-10+. The van der Waals surface area contributed by atoms with Crippen LogP contribution in [0.4, 0.5) is 0 Å². The summed E-state index contributed by atoms with van der Waals surface area (Å²) < 4.78 is 6.45. The summed E-state index contributed by atoms with van der Waals surface area (Å²) in [4.78, 5) is 12.1. The summed E-state index contributed by atoms with van der Waals surface area (Å²) in [6.07, 6.45) is 3.65. The van der Waals surface area contributed by atoms with E-state index in [0.29, 0.717) is 11.3 Å². The molecule has 0 aliphatic carbocycles. The van der Waals surface area contributed by atoms with E-state index in [9.17, 15) is 4.79 Å². The van der Waals surface area contributed by atoms with Crippen molar-refractivity contribution in [2.75, 3.05) is 0 Å². The highest BCUT2D eigenvalue weighted by Crippen LogP contribution is 2.30. The first kappa shape index (κ1) is 14.8. The van der Waals surface area contributed by atoms with Crippen LogP contribution >= 0.6 is 15.9 Å². The lowest BCUT2D eigenvalue weighted by Gasteiger charge is -2.06. The van der Waals surface area contributed by atoms with Crippen LogP contribution in [0.2, 0.25) is 0 Å². The zero-order valence-corrected chi connectivity index (χ0v) is 14.0. The van der Waals surface area contributed by atoms with E-state index in [-0.39, 0.29) is 5.97 Å². The maximum absolute atomic E-state index is 12.1. The van der Waals surface area contributed by atoms with E-state index in [0.717, 1.165) is 26.7 Å². The molecule has 110 valence electrons. The molecule has 2 aromatic carbocycles.